The van der Waals surface area contributed by atoms with Crippen LogP contribution in [0.5, 0.6) is 11.5 Å². The van der Waals surface area contributed by atoms with Gasteiger partial charge in [0.05, 0.1) is 17.3 Å². The first-order valence-electron chi connectivity index (χ1n) is 10.5. The number of nitrogens with zero attached hydrogens (tertiary/aromatic N) is 1. The van der Waals surface area contributed by atoms with Crippen LogP contribution in [0.25, 0.3) is 6.08 Å². The minimum atomic E-state index is -0.914. The van der Waals surface area contributed by atoms with Gasteiger partial charge in [0.2, 0.25) is 0 Å². The molecule has 0 aliphatic carbocycles. The number of imide groups is 2. The van der Waals surface area contributed by atoms with Gasteiger partial charge in [-0.3, -0.25) is 14.9 Å². The van der Waals surface area contributed by atoms with Crippen LogP contribution in [-0.4, -0.2) is 25.0 Å². The highest BCUT2D eigenvalue weighted by molar-refractivity contribution is 9.10. The van der Waals surface area contributed by atoms with Gasteiger partial charge in [-0.25, -0.2) is 14.1 Å². The van der Waals surface area contributed by atoms with E-state index in [1.807, 2.05) is 31.2 Å². The lowest BCUT2D eigenvalue weighted by atomic mass is 10.1. The summed E-state index contributed by atoms with van der Waals surface area (Å²) in [5.41, 5.74) is 2.45. The second-order valence-corrected chi connectivity index (χ2v) is 8.60. The number of aryl methyl sites for hydroxylation is 1. The zero-order chi connectivity index (χ0) is 25.1. The summed E-state index contributed by atoms with van der Waals surface area (Å²) in [5, 5.41) is 2.14. The number of hydrogen-bond acceptors (Lipinski definition) is 5. The fourth-order valence-electron chi connectivity index (χ4n) is 3.45. The van der Waals surface area contributed by atoms with Crippen molar-refractivity contribution in [2.24, 2.45) is 0 Å². The first kappa shape index (κ1) is 24.2. The SMILES string of the molecule is COc1cc(/C=C2\C(=O)NC(=O)N(c3ccc(F)cc3)C2=O)cc(Br)c1OCc1ccc(C)cc1. The molecule has 0 aromatic heterocycles. The molecule has 1 N–H and O–H groups in total. The van der Waals surface area contributed by atoms with Gasteiger partial charge in [0, 0.05) is 0 Å². The summed E-state index contributed by atoms with van der Waals surface area (Å²) in [5.74, 6) is -1.35. The Morgan fingerprint density at radius 2 is 1.71 bits per heavy atom. The molecule has 1 aliphatic heterocycles. The number of amides is 4. The fraction of sp³-hybridized carbons (Fsp3) is 0.115. The van der Waals surface area contributed by atoms with Gasteiger partial charge < -0.3 is 9.47 Å². The maximum Gasteiger partial charge on any atom is 0.335 e. The molecular weight excluding hydrogens is 519 g/mol. The van der Waals surface area contributed by atoms with Crippen LogP contribution in [0.15, 0.2) is 70.7 Å². The van der Waals surface area contributed by atoms with E-state index in [0.29, 0.717) is 28.1 Å². The second-order valence-electron chi connectivity index (χ2n) is 7.74. The zero-order valence-electron chi connectivity index (χ0n) is 18.8. The van der Waals surface area contributed by atoms with Crippen LogP contribution >= 0.6 is 15.9 Å². The molecule has 1 fully saturated rings. The summed E-state index contributed by atoms with van der Waals surface area (Å²) in [6.07, 6.45) is 1.34. The van der Waals surface area contributed by atoms with Gasteiger partial charge in [-0.2, -0.15) is 0 Å². The zero-order valence-corrected chi connectivity index (χ0v) is 20.4. The number of carbonyl (C=O) groups excluding carboxylic acids is 3. The normalized spacial score (nSPS) is 14.8. The highest BCUT2D eigenvalue weighted by Gasteiger charge is 2.36. The summed E-state index contributed by atoms with van der Waals surface area (Å²) in [6.45, 7) is 2.31. The standard InChI is InChI=1S/C26H20BrFN2O5/c1-15-3-5-16(6-4-15)14-35-23-21(27)12-17(13-22(23)34-2)11-20-24(31)29-26(33)30(25(20)32)19-9-7-18(28)8-10-19/h3-13H,14H2,1-2H3,(H,29,31,33)/b20-11+. The third-order valence-corrected chi connectivity index (χ3v) is 5.84. The topological polar surface area (TPSA) is 84.9 Å². The quantitative estimate of drug-likeness (QED) is 0.346. The molecule has 0 bridgehead atoms. The van der Waals surface area contributed by atoms with E-state index in [9.17, 15) is 18.8 Å². The average Bonchev–Trinajstić information content (AvgIpc) is 2.83. The van der Waals surface area contributed by atoms with E-state index in [0.717, 1.165) is 28.2 Å². The van der Waals surface area contributed by atoms with Gasteiger partial charge in [0.25, 0.3) is 11.8 Å². The molecule has 7 nitrogen and oxygen atoms in total. The Hall–Kier alpha value is -3.98. The van der Waals surface area contributed by atoms with Crippen LogP contribution in [0.1, 0.15) is 16.7 Å². The summed E-state index contributed by atoms with van der Waals surface area (Å²) >= 11 is 3.46. The minimum Gasteiger partial charge on any atom is -0.493 e. The van der Waals surface area contributed by atoms with Crippen molar-refractivity contribution in [3.05, 3.63) is 93.2 Å². The molecule has 0 radical (unpaired) electrons. The van der Waals surface area contributed by atoms with Crippen molar-refractivity contribution >= 4 is 45.5 Å². The Balaban J connectivity index is 1.63. The molecule has 9 heteroatoms. The van der Waals surface area contributed by atoms with Gasteiger partial charge in [-0.05, 0) is 76.5 Å². The number of methoxy groups -OCH3 is 1. The van der Waals surface area contributed by atoms with Crippen LogP contribution in [0.2, 0.25) is 0 Å². The van der Waals surface area contributed by atoms with Crippen molar-refractivity contribution in [1.29, 1.82) is 0 Å². The number of hydrogen-bond donors (Lipinski definition) is 1. The number of nitrogens with one attached hydrogen (secondary N) is 1. The predicted molar refractivity (Wildman–Crippen MR) is 132 cm³/mol. The Morgan fingerprint density at radius 3 is 2.37 bits per heavy atom. The summed E-state index contributed by atoms with van der Waals surface area (Å²) in [6, 6.07) is 15.1. The summed E-state index contributed by atoms with van der Waals surface area (Å²) in [7, 11) is 1.48. The average molecular weight is 539 g/mol. The van der Waals surface area contributed by atoms with Gasteiger partial charge in [-0.1, -0.05) is 29.8 Å². The number of ether oxygens (including phenoxy) is 2. The van der Waals surface area contributed by atoms with E-state index in [1.54, 1.807) is 12.1 Å². The van der Waals surface area contributed by atoms with E-state index in [2.05, 4.69) is 21.2 Å². The molecule has 0 atom stereocenters. The molecule has 4 rings (SSSR count). The van der Waals surface area contributed by atoms with Gasteiger partial charge in [-0.15, -0.1) is 0 Å². The largest absolute Gasteiger partial charge is 0.493 e. The second kappa shape index (κ2) is 10.1. The maximum absolute atomic E-state index is 13.3. The number of urea groups is 1. The lowest BCUT2D eigenvalue weighted by molar-refractivity contribution is -0.122. The van der Waals surface area contributed by atoms with Crippen LogP contribution < -0.4 is 19.7 Å². The molecule has 35 heavy (non-hydrogen) atoms. The van der Waals surface area contributed by atoms with Crippen LogP contribution in [0.3, 0.4) is 0 Å². The lowest BCUT2D eigenvalue weighted by Gasteiger charge is -2.26. The molecule has 3 aromatic carbocycles. The van der Waals surface area contributed by atoms with Crippen molar-refractivity contribution < 1.29 is 28.2 Å². The van der Waals surface area contributed by atoms with E-state index >= 15 is 0 Å². The molecule has 0 unspecified atom stereocenters. The van der Waals surface area contributed by atoms with Crippen molar-refractivity contribution in [1.82, 2.24) is 5.32 Å². The molecule has 1 aliphatic rings. The molecular formula is C26H20BrFN2O5. The van der Waals surface area contributed by atoms with Crippen molar-refractivity contribution in [2.75, 3.05) is 12.0 Å². The van der Waals surface area contributed by atoms with E-state index in [-0.39, 0.29) is 11.3 Å². The highest BCUT2D eigenvalue weighted by Crippen LogP contribution is 2.38. The molecule has 0 saturated carbocycles. The van der Waals surface area contributed by atoms with Crippen LogP contribution in [-0.2, 0) is 16.2 Å². The summed E-state index contributed by atoms with van der Waals surface area (Å²) in [4.78, 5) is 38.6. The van der Waals surface area contributed by atoms with E-state index in [4.69, 9.17) is 9.47 Å². The first-order chi connectivity index (χ1) is 16.8. The Morgan fingerprint density at radius 1 is 1.03 bits per heavy atom. The van der Waals surface area contributed by atoms with E-state index in [1.165, 1.54) is 25.3 Å². The van der Waals surface area contributed by atoms with E-state index < -0.39 is 23.7 Å². The molecule has 4 amide bonds. The Kier molecular flexibility index (Phi) is 6.97. The number of anilines is 1. The minimum absolute atomic E-state index is 0.130. The number of carbonyl (C=O) groups is 3. The number of rotatable bonds is 6. The van der Waals surface area contributed by atoms with Crippen molar-refractivity contribution in [2.45, 2.75) is 13.5 Å². The number of benzene rings is 3. The number of barbiturate groups is 1. The van der Waals surface area contributed by atoms with Crippen LogP contribution in [0.4, 0.5) is 14.9 Å². The highest BCUT2D eigenvalue weighted by atomic mass is 79.9. The Labute approximate surface area is 209 Å². The molecule has 1 heterocycles. The van der Waals surface area contributed by atoms with Crippen molar-refractivity contribution in [3.8, 4) is 11.5 Å². The summed E-state index contributed by atoms with van der Waals surface area (Å²) < 4.78 is 25.2. The molecule has 0 spiro atoms. The molecule has 3 aromatic rings. The monoisotopic (exact) mass is 538 g/mol. The van der Waals surface area contributed by atoms with Gasteiger partial charge in [0.1, 0.15) is 18.0 Å². The third kappa shape index (κ3) is 5.25. The Bertz CT molecular complexity index is 1340. The fourth-order valence-corrected chi connectivity index (χ4v) is 4.03. The predicted octanol–water partition coefficient (Wildman–Crippen LogP) is 5.15. The van der Waals surface area contributed by atoms with Gasteiger partial charge in [0.15, 0.2) is 11.5 Å². The first-order valence-corrected chi connectivity index (χ1v) is 11.3. The van der Waals surface area contributed by atoms with Crippen molar-refractivity contribution in [3.63, 3.8) is 0 Å². The molecule has 1 saturated heterocycles. The van der Waals surface area contributed by atoms with Gasteiger partial charge >= 0.3 is 6.03 Å². The third-order valence-electron chi connectivity index (χ3n) is 5.25. The number of halogens is 2. The van der Waals surface area contributed by atoms with Crippen LogP contribution in [0, 0.1) is 12.7 Å². The lowest BCUT2D eigenvalue weighted by Crippen LogP contribution is -2.54. The maximum atomic E-state index is 13.3. The smallest absolute Gasteiger partial charge is 0.335 e. The molecule has 178 valence electrons.